The van der Waals surface area contributed by atoms with Gasteiger partial charge in [-0.2, -0.15) is 79.0 Å². The molecular weight excluding hydrogens is 918 g/mol. The Morgan fingerprint density at radius 2 is 0.969 bits per heavy atom. The van der Waals surface area contributed by atoms with Gasteiger partial charge in [-0.3, -0.25) is 9.59 Å². The largest absolute Gasteiger partial charge is 0.462 e. The zero-order valence-electron chi connectivity index (χ0n) is 36.4. The van der Waals surface area contributed by atoms with E-state index in [1.54, 1.807) is 0 Å². The van der Waals surface area contributed by atoms with Gasteiger partial charge in [0.05, 0.1) is 11.3 Å². The summed E-state index contributed by atoms with van der Waals surface area (Å²) in [7, 11) is 0. The van der Waals surface area contributed by atoms with E-state index in [0.717, 1.165) is 32.1 Å². The molecule has 0 heterocycles. The molecule has 2 atom stereocenters. The number of carbonyl (C=O) groups is 2. The fourth-order valence-electron chi connectivity index (χ4n) is 5.79. The average Bonchev–Trinajstić information content (AvgIpc) is 3.12. The summed E-state index contributed by atoms with van der Waals surface area (Å²) < 4.78 is 238. The number of hydrogen-bond acceptors (Lipinski definition) is 6. The van der Waals surface area contributed by atoms with Crippen LogP contribution in [-0.4, -0.2) is 71.4 Å². The van der Waals surface area contributed by atoms with Crippen LogP contribution >= 0.6 is 0 Å². The molecule has 376 valence electrons. The number of esters is 2. The van der Waals surface area contributed by atoms with Crippen molar-refractivity contribution in [3.05, 3.63) is 34.9 Å². The van der Waals surface area contributed by atoms with Gasteiger partial charge in [-0.25, -0.2) is 0 Å². The number of ether oxygens (including phenoxy) is 2. The number of benzene rings is 1. The van der Waals surface area contributed by atoms with Gasteiger partial charge in [0.15, 0.2) is 0 Å². The lowest BCUT2D eigenvalue weighted by molar-refractivity contribution is -0.378. The van der Waals surface area contributed by atoms with Crippen molar-refractivity contribution in [1.29, 1.82) is 0 Å². The number of rotatable bonds is 10. The molecule has 24 heteroatoms. The molecule has 64 heavy (non-hydrogen) atoms. The summed E-state index contributed by atoms with van der Waals surface area (Å²) in [6.07, 6.45) is -36.2. The number of alkyl halides is 18. The molecule has 0 amide bonds. The highest BCUT2D eigenvalue weighted by Crippen LogP contribution is 2.54. The maximum Gasteiger partial charge on any atom is 0.434 e. The zero-order chi connectivity index (χ0) is 51.3. The Kier molecular flexibility index (Phi) is 20.1. The monoisotopic (exact) mass is 972 g/mol. The summed E-state index contributed by atoms with van der Waals surface area (Å²) in [6, 6.07) is -0.786. The maximum absolute atomic E-state index is 13.1. The van der Waals surface area contributed by atoms with E-state index in [9.17, 15) is 98.8 Å². The highest BCUT2D eigenvalue weighted by Gasteiger charge is 2.74. The standard InChI is InChI=1S/C16H14F12O2.C16H30O2.C8H10F6O2/c1-3-7(2)8-4-9(11(29,13(17,18)19)14(20,21)22)6-10(5-8)12(30,15(23,24)25)16(26,27)28;1-7-16(5,6)14(17)18-13-10-8-12(9-11-13)15(2,3)4;1-3-4(2)5(15)16-6(7(9,10)11)8(12,13)14/h4-7,29-30H,3H2,1-2H3;12-13H,7-11H2,1-6H3;4,6H,3H2,1-2H3. The zero-order valence-corrected chi connectivity index (χ0v) is 36.4. The van der Waals surface area contributed by atoms with E-state index in [4.69, 9.17) is 4.74 Å². The normalized spacial score (nSPS) is 18.5. The van der Waals surface area contributed by atoms with Crippen LogP contribution in [0.4, 0.5) is 79.0 Å². The molecule has 1 aromatic carbocycles. The number of halogens is 18. The molecule has 0 saturated heterocycles. The van der Waals surface area contributed by atoms with E-state index in [-0.39, 0.29) is 42.5 Å². The summed E-state index contributed by atoms with van der Waals surface area (Å²) in [5.74, 6) is -2.90. The lowest BCUT2D eigenvalue weighted by Crippen LogP contribution is -2.56. The van der Waals surface area contributed by atoms with Crippen LogP contribution in [0.25, 0.3) is 0 Å². The highest BCUT2D eigenvalue weighted by atomic mass is 19.4. The van der Waals surface area contributed by atoms with E-state index in [1.165, 1.54) is 33.6 Å². The van der Waals surface area contributed by atoms with Crippen molar-refractivity contribution < 1.29 is 108 Å². The molecule has 1 aliphatic rings. The maximum atomic E-state index is 13.1. The van der Waals surface area contributed by atoms with Gasteiger partial charge in [-0.05, 0) is 87.7 Å². The topological polar surface area (TPSA) is 93.1 Å². The fraction of sp³-hybridized carbons (Fsp3) is 0.800. The van der Waals surface area contributed by atoms with Crippen LogP contribution in [0.2, 0.25) is 0 Å². The van der Waals surface area contributed by atoms with Crippen molar-refractivity contribution in [2.24, 2.45) is 22.7 Å². The van der Waals surface area contributed by atoms with Gasteiger partial charge in [0, 0.05) is 11.1 Å². The summed E-state index contributed by atoms with van der Waals surface area (Å²) in [5, 5.41) is 18.9. The Hall–Kier alpha value is -3.18. The minimum Gasteiger partial charge on any atom is -0.462 e. The molecule has 1 fully saturated rings. The molecule has 2 rings (SSSR count). The van der Waals surface area contributed by atoms with Gasteiger partial charge < -0.3 is 19.7 Å². The summed E-state index contributed by atoms with van der Waals surface area (Å²) in [5.41, 5.74) is -17.0. The van der Waals surface area contributed by atoms with Gasteiger partial charge in [0.1, 0.15) is 6.10 Å². The van der Waals surface area contributed by atoms with Gasteiger partial charge in [-0.15, -0.1) is 0 Å². The molecule has 1 saturated carbocycles. The number of hydrogen-bond donors (Lipinski definition) is 2. The SMILES string of the molecule is CCC(C)(C)C(=O)OC1CCC(C(C)(C)C)CC1.CCC(C)C(=O)OC(C(F)(F)F)C(F)(F)F.CCC(C)c1cc(C(O)(C(F)(F)F)C(F)(F)F)cc(C(O)(C(F)(F)F)C(F)(F)F)c1. The quantitative estimate of drug-likeness (QED) is 0.179. The predicted octanol–water partition coefficient (Wildman–Crippen LogP) is 13.5. The van der Waals surface area contributed by atoms with Gasteiger partial charge in [0.2, 0.25) is 0 Å². The fourth-order valence-corrected chi connectivity index (χ4v) is 5.79. The minimum absolute atomic E-state index is 0.00577. The Morgan fingerprint density at radius 1 is 0.609 bits per heavy atom. The second kappa shape index (κ2) is 21.2. The Balaban J connectivity index is 0.000000999. The van der Waals surface area contributed by atoms with E-state index >= 15 is 0 Å². The smallest absolute Gasteiger partial charge is 0.434 e. The Labute approximate surface area is 358 Å². The average molecular weight is 973 g/mol. The Bertz CT molecular complexity index is 1540. The van der Waals surface area contributed by atoms with Crippen LogP contribution in [0.3, 0.4) is 0 Å². The second-order valence-electron chi connectivity index (χ2n) is 17.3. The number of carbonyl (C=O) groups excluding carboxylic acids is 2. The van der Waals surface area contributed by atoms with E-state index in [1.807, 2.05) is 20.8 Å². The molecule has 6 nitrogen and oxygen atoms in total. The first kappa shape index (κ1) is 60.8. The van der Waals surface area contributed by atoms with Crippen LogP contribution in [-0.2, 0) is 30.3 Å². The highest BCUT2D eigenvalue weighted by molar-refractivity contribution is 5.76. The first-order chi connectivity index (χ1) is 28.2. The van der Waals surface area contributed by atoms with E-state index in [2.05, 4.69) is 25.5 Å². The molecule has 0 aliphatic heterocycles. The summed E-state index contributed by atoms with van der Waals surface area (Å²) in [6.45, 7) is 17.9. The van der Waals surface area contributed by atoms with Crippen molar-refractivity contribution in [2.75, 3.05) is 0 Å². The lowest BCUT2D eigenvalue weighted by Gasteiger charge is -2.37. The first-order valence-corrected chi connectivity index (χ1v) is 19.6. The van der Waals surface area contributed by atoms with Crippen LogP contribution < -0.4 is 0 Å². The second-order valence-corrected chi connectivity index (χ2v) is 17.3. The minimum atomic E-state index is -6.56. The van der Waals surface area contributed by atoms with Crippen LogP contribution in [0.15, 0.2) is 18.2 Å². The molecule has 0 spiro atoms. The molecular formula is C40H54F18O6. The van der Waals surface area contributed by atoms with Crippen molar-refractivity contribution in [2.45, 2.75) is 181 Å². The van der Waals surface area contributed by atoms with Crippen molar-refractivity contribution in [3.63, 3.8) is 0 Å². The lowest BCUT2D eigenvalue weighted by atomic mass is 9.72. The van der Waals surface area contributed by atoms with Crippen LogP contribution in [0.1, 0.15) is 137 Å². The number of aliphatic hydroxyl groups is 2. The van der Waals surface area contributed by atoms with Gasteiger partial charge >= 0.3 is 49.0 Å². The molecule has 1 aliphatic carbocycles. The molecule has 0 aromatic heterocycles. The first-order valence-electron chi connectivity index (χ1n) is 19.6. The molecule has 2 N–H and O–H groups in total. The molecule has 1 aromatic rings. The molecule has 0 bridgehead atoms. The predicted molar refractivity (Wildman–Crippen MR) is 194 cm³/mol. The summed E-state index contributed by atoms with van der Waals surface area (Å²) >= 11 is 0. The van der Waals surface area contributed by atoms with Gasteiger partial charge in [0.25, 0.3) is 17.3 Å². The van der Waals surface area contributed by atoms with Crippen molar-refractivity contribution >= 4 is 11.9 Å². The van der Waals surface area contributed by atoms with Crippen molar-refractivity contribution in [3.8, 4) is 0 Å². The molecule has 0 radical (unpaired) electrons. The van der Waals surface area contributed by atoms with Crippen molar-refractivity contribution in [1.82, 2.24) is 0 Å². The third-order valence-corrected chi connectivity index (χ3v) is 11.1. The van der Waals surface area contributed by atoms with E-state index in [0.29, 0.717) is 5.41 Å². The molecule has 2 unspecified atom stereocenters. The van der Waals surface area contributed by atoms with Crippen LogP contribution in [0.5, 0.6) is 0 Å². The van der Waals surface area contributed by atoms with E-state index < -0.39 is 94.9 Å². The third kappa shape index (κ3) is 15.2. The third-order valence-electron chi connectivity index (χ3n) is 11.1. The van der Waals surface area contributed by atoms with Gasteiger partial charge in [-0.1, -0.05) is 67.5 Å². The Morgan fingerprint density at radius 3 is 1.23 bits per heavy atom. The van der Waals surface area contributed by atoms with Crippen LogP contribution in [0, 0.1) is 22.7 Å². The summed E-state index contributed by atoms with van der Waals surface area (Å²) in [4.78, 5) is 22.9.